The van der Waals surface area contributed by atoms with Crippen LogP contribution in [0.25, 0.3) is 11.5 Å². The average molecular weight is 324 g/mol. The molecule has 1 heterocycles. The van der Waals surface area contributed by atoms with Crippen LogP contribution in [0.15, 0.2) is 58.2 Å². The number of aryl methyl sites for hydroxylation is 2. The number of aromatic nitrogens is 2. The van der Waals surface area contributed by atoms with Crippen molar-refractivity contribution in [1.82, 2.24) is 10.2 Å². The fourth-order valence-electron chi connectivity index (χ4n) is 2.11. The number of benzene rings is 2. The van der Waals surface area contributed by atoms with E-state index in [-0.39, 0.29) is 11.5 Å². The lowest BCUT2D eigenvalue weighted by atomic mass is 10.1. The van der Waals surface area contributed by atoms with Gasteiger partial charge in [0.2, 0.25) is 5.89 Å². The summed E-state index contributed by atoms with van der Waals surface area (Å²) in [6.07, 6.45) is 0. The third kappa shape index (κ3) is 3.87. The van der Waals surface area contributed by atoms with Gasteiger partial charge in [-0.15, -0.1) is 10.2 Å². The van der Waals surface area contributed by atoms with Gasteiger partial charge in [0.05, 0.1) is 5.75 Å². The summed E-state index contributed by atoms with van der Waals surface area (Å²) < 4.78 is 5.62. The van der Waals surface area contributed by atoms with Gasteiger partial charge in [0.1, 0.15) is 0 Å². The van der Waals surface area contributed by atoms with E-state index in [9.17, 15) is 4.79 Å². The van der Waals surface area contributed by atoms with Gasteiger partial charge >= 0.3 is 0 Å². The van der Waals surface area contributed by atoms with E-state index in [1.807, 2.05) is 62.4 Å². The lowest BCUT2D eigenvalue weighted by Crippen LogP contribution is -2.02. The summed E-state index contributed by atoms with van der Waals surface area (Å²) in [7, 11) is 0. The highest BCUT2D eigenvalue weighted by Crippen LogP contribution is 2.24. The van der Waals surface area contributed by atoms with Gasteiger partial charge in [-0.3, -0.25) is 4.79 Å². The number of ketones is 1. The van der Waals surface area contributed by atoms with E-state index in [0.29, 0.717) is 16.7 Å². The molecule has 1 aromatic heterocycles. The molecule has 23 heavy (non-hydrogen) atoms. The van der Waals surface area contributed by atoms with Crippen molar-refractivity contribution < 1.29 is 9.21 Å². The Morgan fingerprint density at radius 2 is 1.83 bits per heavy atom. The molecule has 0 aliphatic rings. The molecular weight excluding hydrogens is 308 g/mol. The van der Waals surface area contributed by atoms with Gasteiger partial charge in [-0.05, 0) is 26.0 Å². The van der Waals surface area contributed by atoms with E-state index < -0.39 is 0 Å². The van der Waals surface area contributed by atoms with Crippen LogP contribution in [0, 0.1) is 13.8 Å². The topological polar surface area (TPSA) is 56.0 Å². The van der Waals surface area contributed by atoms with E-state index in [1.54, 1.807) is 0 Å². The van der Waals surface area contributed by atoms with Crippen molar-refractivity contribution >= 4 is 17.5 Å². The van der Waals surface area contributed by atoms with Crippen LogP contribution >= 0.6 is 11.8 Å². The minimum atomic E-state index is 0.0466. The van der Waals surface area contributed by atoms with Crippen LogP contribution < -0.4 is 0 Å². The highest BCUT2D eigenvalue weighted by atomic mass is 32.2. The summed E-state index contributed by atoms with van der Waals surface area (Å²) in [5.74, 6) is 0.794. The first-order valence-corrected chi connectivity index (χ1v) is 8.23. The highest BCUT2D eigenvalue weighted by molar-refractivity contribution is 7.99. The van der Waals surface area contributed by atoms with Crippen LogP contribution in [-0.2, 0) is 0 Å². The van der Waals surface area contributed by atoms with E-state index in [4.69, 9.17) is 4.42 Å². The van der Waals surface area contributed by atoms with Crippen molar-refractivity contribution in [1.29, 1.82) is 0 Å². The summed E-state index contributed by atoms with van der Waals surface area (Å²) in [5, 5.41) is 8.44. The summed E-state index contributed by atoms with van der Waals surface area (Å²) >= 11 is 1.26. The minimum Gasteiger partial charge on any atom is -0.411 e. The fraction of sp³-hybridized carbons (Fsp3) is 0.167. The SMILES string of the molecule is Cc1ccc(C(=O)CSc2nnc(-c3cccc(C)c3)o2)cc1. The molecule has 0 aliphatic carbocycles. The zero-order chi connectivity index (χ0) is 16.2. The second kappa shape index (κ2) is 6.79. The Morgan fingerprint density at radius 3 is 2.57 bits per heavy atom. The van der Waals surface area contributed by atoms with Crippen LogP contribution in [-0.4, -0.2) is 21.7 Å². The molecule has 0 spiro atoms. The van der Waals surface area contributed by atoms with E-state index in [1.165, 1.54) is 11.8 Å². The predicted molar refractivity (Wildman–Crippen MR) is 90.7 cm³/mol. The van der Waals surface area contributed by atoms with Gasteiger partial charge in [-0.1, -0.05) is 59.3 Å². The van der Waals surface area contributed by atoms with Crippen molar-refractivity contribution in [2.75, 3.05) is 5.75 Å². The quantitative estimate of drug-likeness (QED) is 0.516. The Bertz CT molecular complexity index is 825. The average Bonchev–Trinajstić information content (AvgIpc) is 3.02. The monoisotopic (exact) mass is 324 g/mol. The van der Waals surface area contributed by atoms with Crippen molar-refractivity contribution in [3.63, 3.8) is 0 Å². The molecular formula is C18H16N2O2S. The Labute approximate surface area is 138 Å². The molecule has 0 fully saturated rings. The molecule has 0 amide bonds. The van der Waals surface area contributed by atoms with Gasteiger partial charge in [-0.2, -0.15) is 0 Å². The summed E-state index contributed by atoms with van der Waals surface area (Å²) in [6, 6.07) is 15.4. The van der Waals surface area contributed by atoms with Gasteiger partial charge in [0.25, 0.3) is 5.22 Å². The van der Waals surface area contributed by atoms with Gasteiger partial charge in [0.15, 0.2) is 5.78 Å². The number of hydrogen-bond donors (Lipinski definition) is 0. The fourth-order valence-corrected chi connectivity index (χ4v) is 2.77. The molecule has 0 unspecified atom stereocenters. The van der Waals surface area contributed by atoms with Crippen molar-refractivity contribution in [3.05, 3.63) is 65.2 Å². The molecule has 3 aromatic rings. The summed E-state index contributed by atoms with van der Waals surface area (Å²) in [6.45, 7) is 4.00. The lowest BCUT2D eigenvalue weighted by molar-refractivity contribution is 0.102. The van der Waals surface area contributed by atoms with E-state index >= 15 is 0 Å². The minimum absolute atomic E-state index is 0.0466. The Morgan fingerprint density at radius 1 is 1.04 bits per heavy atom. The summed E-state index contributed by atoms with van der Waals surface area (Å²) in [5.41, 5.74) is 3.84. The molecule has 116 valence electrons. The standard InChI is InChI=1S/C18H16N2O2S/c1-12-6-8-14(9-7-12)16(21)11-23-18-20-19-17(22-18)15-5-3-4-13(2)10-15/h3-10H,11H2,1-2H3. The number of hydrogen-bond acceptors (Lipinski definition) is 5. The maximum absolute atomic E-state index is 12.1. The second-order valence-corrected chi connectivity index (χ2v) is 6.25. The third-order valence-corrected chi connectivity index (χ3v) is 4.19. The molecule has 3 rings (SSSR count). The molecule has 2 aromatic carbocycles. The Hall–Kier alpha value is -2.40. The number of Topliss-reactive ketones (excluding diaryl/α,β-unsaturated/α-hetero) is 1. The summed E-state index contributed by atoms with van der Waals surface area (Å²) in [4.78, 5) is 12.1. The number of carbonyl (C=O) groups excluding carboxylic acids is 1. The number of carbonyl (C=O) groups is 1. The molecule has 0 saturated heterocycles. The normalized spacial score (nSPS) is 10.7. The molecule has 4 nitrogen and oxygen atoms in total. The maximum Gasteiger partial charge on any atom is 0.277 e. The molecule has 5 heteroatoms. The smallest absolute Gasteiger partial charge is 0.277 e. The Balaban J connectivity index is 1.65. The van der Waals surface area contributed by atoms with Crippen LogP contribution in [0.1, 0.15) is 21.5 Å². The molecule has 0 N–H and O–H groups in total. The van der Waals surface area contributed by atoms with Crippen LogP contribution in [0.4, 0.5) is 0 Å². The molecule has 0 aliphatic heterocycles. The third-order valence-electron chi connectivity index (χ3n) is 3.37. The number of nitrogens with zero attached hydrogens (tertiary/aromatic N) is 2. The molecule has 0 atom stereocenters. The van der Waals surface area contributed by atoms with E-state index in [2.05, 4.69) is 10.2 Å². The largest absolute Gasteiger partial charge is 0.411 e. The molecule has 0 radical (unpaired) electrons. The zero-order valence-corrected chi connectivity index (χ0v) is 13.8. The van der Waals surface area contributed by atoms with Gasteiger partial charge < -0.3 is 4.42 Å². The van der Waals surface area contributed by atoms with Crippen LogP contribution in [0.5, 0.6) is 0 Å². The van der Waals surface area contributed by atoms with Gasteiger partial charge in [-0.25, -0.2) is 0 Å². The zero-order valence-electron chi connectivity index (χ0n) is 12.9. The van der Waals surface area contributed by atoms with Crippen molar-refractivity contribution in [2.24, 2.45) is 0 Å². The maximum atomic E-state index is 12.1. The highest BCUT2D eigenvalue weighted by Gasteiger charge is 2.12. The van der Waals surface area contributed by atoms with Crippen LogP contribution in [0.2, 0.25) is 0 Å². The first-order chi connectivity index (χ1) is 11.1. The first kappa shape index (κ1) is 15.5. The number of rotatable bonds is 5. The van der Waals surface area contributed by atoms with Crippen molar-refractivity contribution in [2.45, 2.75) is 19.1 Å². The second-order valence-electron chi connectivity index (χ2n) is 5.32. The first-order valence-electron chi connectivity index (χ1n) is 7.25. The predicted octanol–water partition coefficient (Wildman–Crippen LogP) is 4.33. The molecule has 0 saturated carbocycles. The van der Waals surface area contributed by atoms with Crippen LogP contribution in [0.3, 0.4) is 0 Å². The molecule has 0 bridgehead atoms. The lowest BCUT2D eigenvalue weighted by Gasteiger charge is -1.99. The van der Waals surface area contributed by atoms with E-state index in [0.717, 1.165) is 16.7 Å². The Kier molecular flexibility index (Phi) is 4.57. The number of thioether (sulfide) groups is 1. The van der Waals surface area contributed by atoms with Gasteiger partial charge in [0, 0.05) is 11.1 Å². The van der Waals surface area contributed by atoms with Crippen molar-refractivity contribution in [3.8, 4) is 11.5 Å².